The Hall–Kier alpha value is -0.350. The predicted molar refractivity (Wildman–Crippen MR) is 66.9 cm³/mol. The smallest absolute Gasteiger partial charge is 0.108 e. The van der Waals surface area contributed by atoms with Gasteiger partial charge in [0.15, 0.2) is 0 Å². The molecule has 0 saturated carbocycles. The zero-order valence-electron chi connectivity index (χ0n) is 10.2. The number of hydrogen-bond donors (Lipinski definition) is 0. The van der Waals surface area contributed by atoms with Gasteiger partial charge in [-0.3, -0.25) is 9.58 Å². The van der Waals surface area contributed by atoms with E-state index >= 15 is 0 Å². The van der Waals surface area contributed by atoms with Crippen LogP contribution >= 0.6 is 15.9 Å². The second-order valence-corrected chi connectivity index (χ2v) is 5.26. The monoisotopic (exact) mass is 273 g/mol. The molecule has 0 fully saturated rings. The largest absolute Gasteiger partial charge is 0.300 e. The molecule has 0 aliphatic heterocycles. The molecule has 0 atom stereocenters. The molecule has 15 heavy (non-hydrogen) atoms. The molecule has 1 rings (SSSR count). The Kier molecular flexibility index (Phi) is 4.34. The van der Waals surface area contributed by atoms with Crippen molar-refractivity contribution in [2.45, 2.75) is 46.3 Å². The van der Waals surface area contributed by atoms with Crippen LogP contribution in [0, 0.1) is 0 Å². The molecule has 3 nitrogen and oxygen atoms in total. The topological polar surface area (TPSA) is 21.1 Å². The summed E-state index contributed by atoms with van der Waals surface area (Å²) in [6, 6.07) is 0.955. The molecule has 4 heteroatoms. The van der Waals surface area contributed by atoms with Gasteiger partial charge >= 0.3 is 0 Å². The molecule has 1 heterocycles. The summed E-state index contributed by atoms with van der Waals surface area (Å²) in [5.74, 6) is 0. The maximum absolute atomic E-state index is 4.37. The first-order chi connectivity index (χ1) is 6.93. The van der Waals surface area contributed by atoms with Crippen LogP contribution in [0.15, 0.2) is 10.8 Å². The highest BCUT2D eigenvalue weighted by atomic mass is 79.9. The van der Waals surface area contributed by atoms with E-state index in [1.54, 1.807) is 0 Å². The fraction of sp³-hybridized carbons (Fsp3) is 0.727. The van der Waals surface area contributed by atoms with Crippen molar-refractivity contribution in [3.63, 3.8) is 0 Å². The lowest BCUT2D eigenvalue weighted by molar-refractivity contribution is 0.265. The number of halogens is 1. The molecule has 0 aliphatic carbocycles. The van der Waals surface area contributed by atoms with Crippen molar-refractivity contribution in [1.82, 2.24) is 14.7 Å². The average Bonchev–Trinajstić information content (AvgIpc) is 2.48. The van der Waals surface area contributed by atoms with Gasteiger partial charge in [-0.05, 0) is 50.7 Å². The van der Waals surface area contributed by atoms with Crippen LogP contribution in [0.4, 0.5) is 0 Å². The molecule has 0 saturated heterocycles. The Labute approximate surface area is 101 Å². The van der Waals surface area contributed by atoms with Crippen LogP contribution in [-0.2, 0) is 6.54 Å². The van der Waals surface area contributed by atoms with Crippen molar-refractivity contribution in [3.8, 4) is 0 Å². The third kappa shape index (κ3) is 3.05. The molecule has 0 aliphatic rings. The molecule has 0 bridgehead atoms. The minimum atomic E-state index is 0.400. The second kappa shape index (κ2) is 5.12. The van der Waals surface area contributed by atoms with Gasteiger partial charge in [0.2, 0.25) is 0 Å². The van der Waals surface area contributed by atoms with E-state index in [4.69, 9.17) is 0 Å². The summed E-state index contributed by atoms with van der Waals surface area (Å²) in [7, 11) is 2.13. The molecule has 0 aromatic carbocycles. The molecule has 0 unspecified atom stereocenters. The average molecular weight is 274 g/mol. The molecule has 86 valence electrons. The fourth-order valence-corrected chi connectivity index (χ4v) is 2.03. The normalized spacial score (nSPS) is 12.1. The third-order valence-electron chi connectivity index (χ3n) is 2.59. The van der Waals surface area contributed by atoms with E-state index in [1.165, 1.54) is 5.56 Å². The Morgan fingerprint density at radius 1 is 1.40 bits per heavy atom. The van der Waals surface area contributed by atoms with Gasteiger partial charge in [0.25, 0.3) is 0 Å². The predicted octanol–water partition coefficient (Wildman–Crippen LogP) is 3.07. The van der Waals surface area contributed by atoms with Crippen LogP contribution in [0.25, 0.3) is 0 Å². The van der Waals surface area contributed by atoms with Crippen LogP contribution < -0.4 is 0 Å². The summed E-state index contributed by atoms with van der Waals surface area (Å²) in [4.78, 5) is 2.30. The molecule has 1 aromatic rings. The number of rotatable bonds is 4. The summed E-state index contributed by atoms with van der Waals surface area (Å²) in [5, 5.41) is 4.37. The summed E-state index contributed by atoms with van der Waals surface area (Å²) in [5.41, 5.74) is 1.25. The molecule has 0 radical (unpaired) electrons. The minimum absolute atomic E-state index is 0.400. The first-order valence-corrected chi connectivity index (χ1v) is 6.15. The van der Waals surface area contributed by atoms with E-state index in [0.717, 1.165) is 11.1 Å². The van der Waals surface area contributed by atoms with E-state index in [9.17, 15) is 0 Å². The fourth-order valence-electron chi connectivity index (χ4n) is 1.30. The van der Waals surface area contributed by atoms with Crippen LogP contribution in [0.5, 0.6) is 0 Å². The summed E-state index contributed by atoms with van der Waals surface area (Å²) >= 11 is 3.60. The van der Waals surface area contributed by atoms with Crippen LogP contribution in [0.1, 0.15) is 39.3 Å². The Morgan fingerprint density at radius 2 is 2.00 bits per heavy atom. The van der Waals surface area contributed by atoms with Crippen LogP contribution in [0.3, 0.4) is 0 Å². The van der Waals surface area contributed by atoms with Gasteiger partial charge in [-0.25, -0.2) is 0 Å². The highest BCUT2D eigenvalue weighted by molar-refractivity contribution is 9.10. The van der Waals surface area contributed by atoms with Gasteiger partial charge in [-0.1, -0.05) is 0 Å². The van der Waals surface area contributed by atoms with Crippen molar-refractivity contribution in [1.29, 1.82) is 0 Å². The molecule has 0 amide bonds. The maximum Gasteiger partial charge on any atom is 0.108 e. The van der Waals surface area contributed by atoms with Gasteiger partial charge in [0.05, 0.1) is 6.20 Å². The van der Waals surface area contributed by atoms with Crippen molar-refractivity contribution < 1.29 is 0 Å². The lowest BCUT2D eigenvalue weighted by atomic mass is 10.3. The van der Waals surface area contributed by atoms with Gasteiger partial charge in [0.1, 0.15) is 4.60 Å². The van der Waals surface area contributed by atoms with Gasteiger partial charge in [-0.2, -0.15) is 5.10 Å². The molecule has 0 N–H and O–H groups in total. The minimum Gasteiger partial charge on any atom is -0.300 e. The number of nitrogens with zero attached hydrogens (tertiary/aromatic N) is 3. The molecular formula is C11H20BrN3. The van der Waals surface area contributed by atoms with E-state index in [2.05, 4.69) is 60.7 Å². The van der Waals surface area contributed by atoms with Crippen molar-refractivity contribution in [2.24, 2.45) is 0 Å². The zero-order valence-corrected chi connectivity index (χ0v) is 11.7. The maximum atomic E-state index is 4.37. The van der Waals surface area contributed by atoms with Crippen molar-refractivity contribution >= 4 is 15.9 Å². The van der Waals surface area contributed by atoms with Crippen LogP contribution in [0.2, 0.25) is 0 Å². The van der Waals surface area contributed by atoms with Crippen LogP contribution in [-0.4, -0.2) is 27.8 Å². The van der Waals surface area contributed by atoms with Gasteiger partial charge in [-0.15, -0.1) is 0 Å². The lowest BCUT2D eigenvalue weighted by Gasteiger charge is -2.20. The standard InChI is InChI=1S/C11H20BrN3/c1-8(2)14(5)7-10-6-13-15(9(3)4)11(10)12/h6,8-9H,7H2,1-5H3. The zero-order chi connectivity index (χ0) is 11.6. The first kappa shape index (κ1) is 12.7. The SMILES string of the molecule is CC(C)N(C)Cc1cnn(C(C)C)c1Br. The van der Waals surface area contributed by atoms with Crippen molar-refractivity contribution in [2.75, 3.05) is 7.05 Å². The molecule has 0 spiro atoms. The Bertz CT molecular complexity index is 318. The highest BCUT2D eigenvalue weighted by Gasteiger charge is 2.13. The van der Waals surface area contributed by atoms with Gasteiger partial charge < -0.3 is 0 Å². The lowest BCUT2D eigenvalue weighted by Crippen LogP contribution is -2.25. The van der Waals surface area contributed by atoms with E-state index < -0.39 is 0 Å². The second-order valence-electron chi connectivity index (χ2n) is 4.51. The van der Waals surface area contributed by atoms with E-state index in [-0.39, 0.29) is 0 Å². The number of aromatic nitrogens is 2. The third-order valence-corrected chi connectivity index (χ3v) is 3.47. The molecule has 1 aromatic heterocycles. The van der Waals surface area contributed by atoms with E-state index in [1.807, 2.05) is 10.9 Å². The first-order valence-electron chi connectivity index (χ1n) is 5.35. The Balaban J connectivity index is 2.79. The van der Waals surface area contributed by atoms with Crippen molar-refractivity contribution in [3.05, 3.63) is 16.4 Å². The quantitative estimate of drug-likeness (QED) is 0.841. The summed E-state index contributed by atoms with van der Waals surface area (Å²) in [6.45, 7) is 9.59. The number of hydrogen-bond acceptors (Lipinski definition) is 2. The molecular weight excluding hydrogens is 254 g/mol. The summed E-state index contributed by atoms with van der Waals surface area (Å²) < 4.78 is 3.11. The highest BCUT2D eigenvalue weighted by Crippen LogP contribution is 2.21. The summed E-state index contributed by atoms with van der Waals surface area (Å²) in [6.07, 6.45) is 1.95. The van der Waals surface area contributed by atoms with Gasteiger partial charge in [0, 0.05) is 24.2 Å². The Morgan fingerprint density at radius 3 is 2.40 bits per heavy atom. The van der Waals surface area contributed by atoms with E-state index in [0.29, 0.717) is 12.1 Å².